The van der Waals surface area contributed by atoms with E-state index in [-0.39, 0.29) is 6.42 Å². The fourth-order valence-electron chi connectivity index (χ4n) is 4.74. The summed E-state index contributed by atoms with van der Waals surface area (Å²) in [6.07, 6.45) is 2.01. The van der Waals surface area contributed by atoms with Crippen LogP contribution >= 0.6 is 0 Å². The van der Waals surface area contributed by atoms with Gasteiger partial charge in [-0.05, 0) is 47.4 Å². The summed E-state index contributed by atoms with van der Waals surface area (Å²) in [6, 6.07) is 33.7. The molecule has 0 aliphatic heterocycles. The van der Waals surface area contributed by atoms with Crippen LogP contribution in [0.25, 0.3) is 33.4 Å². The molecule has 0 saturated carbocycles. The summed E-state index contributed by atoms with van der Waals surface area (Å²) in [7, 11) is 0. The minimum atomic E-state index is -1.36. The first kappa shape index (κ1) is 29.3. The van der Waals surface area contributed by atoms with Gasteiger partial charge in [0.2, 0.25) is 5.88 Å². The number of nitrogens with zero attached hydrogens (tertiary/aromatic N) is 2. The van der Waals surface area contributed by atoms with E-state index < -0.39 is 17.9 Å². The van der Waals surface area contributed by atoms with Crippen molar-refractivity contribution in [2.75, 3.05) is 6.61 Å². The topological polar surface area (TPSA) is 119 Å². The van der Waals surface area contributed by atoms with Crippen molar-refractivity contribution in [1.29, 1.82) is 0 Å². The minimum Gasteiger partial charge on any atom is -0.494 e. The van der Waals surface area contributed by atoms with Gasteiger partial charge in [0, 0.05) is 17.2 Å². The largest absolute Gasteiger partial charge is 0.494 e. The minimum absolute atomic E-state index is 0.113. The van der Waals surface area contributed by atoms with Crippen molar-refractivity contribution in [3.05, 3.63) is 109 Å². The fourth-order valence-corrected chi connectivity index (χ4v) is 4.74. The predicted molar refractivity (Wildman–Crippen MR) is 164 cm³/mol. The lowest BCUT2D eigenvalue weighted by Gasteiger charge is -2.11. The van der Waals surface area contributed by atoms with E-state index in [4.69, 9.17) is 29.7 Å². The summed E-state index contributed by atoms with van der Waals surface area (Å²) in [4.78, 5) is 31.6. The van der Waals surface area contributed by atoms with Crippen LogP contribution in [0.4, 0.5) is 0 Å². The lowest BCUT2D eigenvalue weighted by atomic mass is 10.0. The average Bonchev–Trinajstić information content (AvgIpc) is 3.03. The number of carbonyl (C=O) groups is 2. The van der Waals surface area contributed by atoms with Crippen molar-refractivity contribution in [3.8, 4) is 34.3 Å². The molecule has 0 spiro atoms. The average molecular weight is 577 g/mol. The molecule has 5 aromatic rings. The second kappa shape index (κ2) is 14.1. The quantitative estimate of drug-likeness (QED) is 0.105. The Balaban J connectivity index is 1.27. The highest BCUT2D eigenvalue weighted by Gasteiger charge is 2.24. The Morgan fingerprint density at radius 1 is 0.674 bits per heavy atom. The molecular formula is C35H32N2O6. The van der Waals surface area contributed by atoms with Crippen LogP contribution in [0.1, 0.15) is 31.2 Å². The van der Waals surface area contributed by atoms with E-state index in [1.54, 1.807) is 0 Å². The second-order valence-corrected chi connectivity index (χ2v) is 10.2. The Morgan fingerprint density at radius 3 is 2.12 bits per heavy atom. The van der Waals surface area contributed by atoms with Gasteiger partial charge in [-0.2, -0.15) is 4.98 Å². The SMILES string of the molecule is O=C(O)C(CCCCCOc1ccc2cc(-c3nc(OCc4ccccc4)cc(-c4ccccc4)n3)ccc2c1)C(=O)O. The molecule has 1 aromatic heterocycles. The van der Waals surface area contributed by atoms with E-state index in [2.05, 4.69) is 0 Å². The maximum Gasteiger partial charge on any atom is 0.317 e. The molecule has 0 aliphatic carbocycles. The molecule has 0 bridgehead atoms. The normalized spacial score (nSPS) is 11.0. The molecule has 0 aliphatic rings. The molecule has 8 nitrogen and oxygen atoms in total. The van der Waals surface area contributed by atoms with Gasteiger partial charge in [0.15, 0.2) is 11.7 Å². The highest BCUT2D eigenvalue weighted by atomic mass is 16.5. The zero-order chi connectivity index (χ0) is 30.0. The monoisotopic (exact) mass is 576 g/mol. The Bertz CT molecular complexity index is 1680. The van der Waals surface area contributed by atoms with Gasteiger partial charge in [-0.3, -0.25) is 9.59 Å². The van der Waals surface area contributed by atoms with Crippen molar-refractivity contribution >= 4 is 22.7 Å². The predicted octanol–water partition coefficient (Wildman–Crippen LogP) is 7.27. The van der Waals surface area contributed by atoms with E-state index >= 15 is 0 Å². The third-order valence-electron chi connectivity index (χ3n) is 7.07. The highest BCUT2D eigenvalue weighted by molar-refractivity contribution is 5.92. The molecule has 4 aromatic carbocycles. The van der Waals surface area contributed by atoms with Crippen LogP contribution in [0.15, 0.2) is 103 Å². The maximum absolute atomic E-state index is 11.0. The number of unbranched alkanes of at least 4 members (excludes halogenated alkanes) is 2. The van der Waals surface area contributed by atoms with Crippen molar-refractivity contribution in [2.24, 2.45) is 5.92 Å². The van der Waals surface area contributed by atoms with E-state index in [1.165, 1.54) is 0 Å². The fraction of sp³-hybridized carbons (Fsp3) is 0.200. The van der Waals surface area contributed by atoms with Gasteiger partial charge in [0.25, 0.3) is 0 Å². The van der Waals surface area contributed by atoms with Gasteiger partial charge in [0.1, 0.15) is 12.4 Å². The number of carboxylic acid groups (broad SMARTS) is 2. The summed E-state index contributed by atoms with van der Waals surface area (Å²) in [5, 5.41) is 20.0. The number of fused-ring (bicyclic) bond motifs is 1. The number of benzene rings is 4. The molecule has 43 heavy (non-hydrogen) atoms. The number of hydrogen-bond donors (Lipinski definition) is 2. The van der Waals surface area contributed by atoms with Gasteiger partial charge < -0.3 is 19.7 Å². The molecule has 0 fully saturated rings. The van der Waals surface area contributed by atoms with Crippen LogP contribution in [0.3, 0.4) is 0 Å². The van der Waals surface area contributed by atoms with E-state index in [0.717, 1.165) is 38.9 Å². The third-order valence-corrected chi connectivity index (χ3v) is 7.07. The zero-order valence-electron chi connectivity index (χ0n) is 23.6. The van der Waals surface area contributed by atoms with Crippen LogP contribution in [0.2, 0.25) is 0 Å². The molecule has 0 atom stereocenters. The van der Waals surface area contributed by atoms with Gasteiger partial charge >= 0.3 is 11.9 Å². The van der Waals surface area contributed by atoms with Crippen LogP contribution < -0.4 is 9.47 Å². The third kappa shape index (κ3) is 7.95. The van der Waals surface area contributed by atoms with Crippen LogP contribution in [-0.4, -0.2) is 38.7 Å². The van der Waals surface area contributed by atoms with Gasteiger partial charge in [-0.15, -0.1) is 0 Å². The Hall–Kier alpha value is -5.24. The number of ether oxygens (including phenoxy) is 2. The van der Waals surface area contributed by atoms with E-state index in [0.29, 0.717) is 44.2 Å². The number of aromatic nitrogens is 2. The molecular weight excluding hydrogens is 544 g/mol. The van der Waals surface area contributed by atoms with E-state index in [1.807, 2.05) is 103 Å². The molecule has 0 radical (unpaired) electrons. The lowest BCUT2D eigenvalue weighted by Crippen LogP contribution is -2.23. The number of carboxylic acids is 2. The maximum atomic E-state index is 11.0. The van der Waals surface area contributed by atoms with E-state index in [9.17, 15) is 9.59 Å². The van der Waals surface area contributed by atoms with Gasteiger partial charge in [-0.1, -0.05) is 91.7 Å². The second-order valence-electron chi connectivity index (χ2n) is 10.2. The molecule has 0 unspecified atom stereocenters. The first-order valence-corrected chi connectivity index (χ1v) is 14.2. The summed E-state index contributed by atoms with van der Waals surface area (Å²) < 4.78 is 12.0. The molecule has 0 saturated heterocycles. The van der Waals surface area contributed by atoms with Crippen LogP contribution in [-0.2, 0) is 16.2 Å². The zero-order valence-corrected chi connectivity index (χ0v) is 23.6. The summed E-state index contributed by atoms with van der Waals surface area (Å²) in [5.41, 5.74) is 3.67. The van der Waals surface area contributed by atoms with Gasteiger partial charge in [-0.25, -0.2) is 4.98 Å². The van der Waals surface area contributed by atoms with Crippen molar-refractivity contribution in [3.63, 3.8) is 0 Å². The first-order chi connectivity index (χ1) is 21.0. The van der Waals surface area contributed by atoms with Gasteiger partial charge in [0.05, 0.1) is 12.3 Å². The first-order valence-electron chi connectivity index (χ1n) is 14.2. The summed E-state index contributed by atoms with van der Waals surface area (Å²) in [5.74, 6) is -2.15. The number of aliphatic carboxylic acids is 2. The summed E-state index contributed by atoms with van der Waals surface area (Å²) >= 11 is 0. The Morgan fingerprint density at radius 2 is 1.37 bits per heavy atom. The summed E-state index contributed by atoms with van der Waals surface area (Å²) in [6.45, 7) is 0.859. The van der Waals surface area contributed by atoms with Crippen LogP contribution in [0, 0.1) is 5.92 Å². The molecule has 218 valence electrons. The van der Waals surface area contributed by atoms with Crippen molar-refractivity contribution in [1.82, 2.24) is 9.97 Å². The number of hydrogen-bond acceptors (Lipinski definition) is 6. The highest BCUT2D eigenvalue weighted by Crippen LogP contribution is 2.29. The molecule has 2 N–H and O–H groups in total. The number of rotatable bonds is 14. The molecule has 0 amide bonds. The van der Waals surface area contributed by atoms with Crippen molar-refractivity contribution in [2.45, 2.75) is 32.3 Å². The molecule has 1 heterocycles. The Labute approximate surface area is 249 Å². The molecule has 5 rings (SSSR count). The smallest absolute Gasteiger partial charge is 0.317 e. The molecule has 8 heteroatoms. The van der Waals surface area contributed by atoms with Crippen LogP contribution in [0.5, 0.6) is 11.6 Å². The lowest BCUT2D eigenvalue weighted by molar-refractivity contribution is -0.154. The Kier molecular flexibility index (Phi) is 9.59. The standard InChI is InChI=1S/C35H32N2O6/c38-34(39)30(35(40)41)14-8-3-9-19-42-29-18-17-26-20-28(16-15-27(26)21-29)33-36-31(25-12-6-2-7-13-25)22-32(37-33)43-23-24-10-4-1-5-11-24/h1-2,4-7,10-13,15-18,20-22,30H,3,8-9,14,19,23H2,(H,38,39)(H,40,41). The van der Waals surface area contributed by atoms with Crippen molar-refractivity contribution < 1.29 is 29.3 Å².